The van der Waals surface area contributed by atoms with Crippen LogP contribution in [0.25, 0.3) is 11.5 Å². The summed E-state index contributed by atoms with van der Waals surface area (Å²) in [6.45, 7) is 0.455. The monoisotopic (exact) mass is 363 g/mol. The zero-order valence-electron chi connectivity index (χ0n) is 10.9. The van der Waals surface area contributed by atoms with E-state index in [2.05, 4.69) is 31.4 Å². The molecule has 0 atom stereocenters. The van der Waals surface area contributed by atoms with Crippen LogP contribution in [0.2, 0.25) is 5.02 Å². The van der Waals surface area contributed by atoms with E-state index in [-0.39, 0.29) is 0 Å². The Bertz CT molecular complexity index is 760. The van der Waals surface area contributed by atoms with Gasteiger partial charge in [-0.3, -0.25) is 0 Å². The number of nitrogens with one attached hydrogen (secondary N) is 1. The Morgan fingerprint density at radius 2 is 1.95 bits per heavy atom. The number of para-hydroxylation sites is 1. The van der Waals surface area contributed by atoms with Crippen molar-refractivity contribution in [2.24, 2.45) is 0 Å². The largest absolute Gasteiger partial charge is 0.419 e. The Kier molecular flexibility index (Phi) is 4.22. The van der Waals surface area contributed by atoms with Gasteiger partial charge in [0.1, 0.15) is 0 Å². The molecule has 0 fully saturated rings. The summed E-state index contributed by atoms with van der Waals surface area (Å²) in [7, 11) is 0. The number of hydrogen-bond donors (Lipinski definition) is 1. The molecular weight excluding hydrogens is 354 g/mol. The minimum atomic E-state index is 0.455. The average molecular weight is 365 g/mol. The molecule has 0 amide bonds. The number of anilines is 1. The van der Waals surface area contributed by atoms with Crippen LogP contribution in [-0.4, -0.2) is 10.2 Å². The zero-order valence-corrected chi connectivity index (χ0v) is 13.2. The summed E-state index contributed by atoms with van der Waals surface area (Å²) in [6.07, 6.45) is 0. The molecule has 4 nitrogen and oxygen atoms in total. The highest BCUT2D eigenvalue weighted by Crippen LogP contribution is 2.23. The van der Waals surface area contributed by atoms with Crippen LogP contribution < -0.4 is 5.32 Å². The maximum absolute atomic E-state index is 5.95. The number of nitrogens with zero attached hydrogens (tertiary/aromatic N) is 2. The maximum atomic E-state index is 5.95. The minimum absolute atomic E-state index is 0.455. The van der Waals surface area contributed by atoms with Gasteiger partial charge in [0.15, 0.2) is 0 Å². The third-order valence-electron chi connectivity index (χ3n) is 2.84. The van der Waals surface area contributed by atoms with Gasteiger partial charge in [0.05, 0.1) is 6.54 Å². The van der Waals surface area contributed by atoms with Gasteiger partial charge in [-0.1, -0.05) is 29.8 Å². The average Bonchev–Trinajstić information content (AvgIpc) is 2.95. The lowest BCUT2D eigenvalue weighted by Crippen LogP contribution is -2.00. The molecule has 0 bridgehead atoms. The van der Waals surface area contributed by atoms with Crippen LogP contribution in [0.15, 0.2) is 57.4 Å². The number of rotatable bonds is 4. The first-order valence-electron chi connectivity index (χ1n) is 6.29. The molecule has 106 valence electrons. The highest BCUT2D eigenvalue weighted by Gasteiger charge is 2.09. The normalized spacial score (nSPS) is 10.6. The van der Waals surface area contributed by atoms with Crippen molar-refractivity contribution in [2.75, 3.05) is 5.32 Å². The van der Waals surface area contributed by atoms with E-state index in [4.69, 9.17) is 16.0 Å². The smallest absolute Gasteiger partial charge is 0.247 e. The van der Waals surface area contributed by atoms with E-state index in [9.17, 15) is 0 Å². The molecule has 0 unspecified atom stereocenters. The molecular formula is C15H11BrClN3O. The minimum Gasteiger partial charge on any atom is -0.419 e. The first kappa shape index (κ1) is 14.1. The van der Waals surface area contributed by atoms with Gasteiger partial charge in [-0.05, 0) is 46.3 Å². The summed E-state index contributed by atoms with van der Waals surface area (Å²) in [5.74, 6) is 0.974. The van der Waals surface area contributed by atoms with Gasteiger partial charge in [0.2, 0.25) is 11.8 Å². The second-order valence-corrected chi connectivity index (χ2v) is 5.64. The van der Waals surface area contributed by atoms with Crippen LogP contribution in [0.3, 0.4) is 0 Å². The number of aromatic nitrogens is 2. The van der Waals surface area contributed by atoms with Crippen molar-refractivity contribution in [1.29, 1.82) is 0 Å². The summed E-state index contributed by atoms with van der Waals surface area (Å²) in [5, 5.41) is 11.9. The quantitative estimate of drug-likeness (QED) is 0.725. The third kappa shape index (κ3) is 3.43. The molecule has 3 rings (SSSR count). The molecule has 0 aliphatic carbocycles. The van der Waals surface area contributed by atoms with Gasteiger partial charge in [-0.25, -0.2) is 0 Å². The Labute approximate surface area is 135 Å². The molecule has 0 spiro atoms. The van der Waals surface area contributed by atoms with Crippen LogP contribution in [0.5, 0.6) is 0 Å². The van der Waals surface area contributed by atoms with Crippen LogP contribution >= 0.6 is 27.5 Å². The highest BCUT2D eigenvalue weighted by atomic mass is 79.9. The number of halogens is 2. The van der Waals surface area contributed by atoms with Gasteiger partial charge < -0.3 is 9.73 Å². The predicted molar refractivity (Wildman–Crippen MR) is 86.2 cm³/mol. The second kappa shape index (κ2) is 6.28. The lowest BCUT2D eigenvalue weighted by Gasteiger charge is -2.05. The zero-order chi connectivity index (χ0) is 14.7. The van der Waals surface area contributed by atoms with Crippen molar-refractivity contribution in [2.45, 2.75) is 6.54 Å². The molecule has 1 N–H and O–H groups in total. The van der Waals surface area contributed by atoms with Crippen molar-refractivity contribution in [3.05, 3.63) is 63.9 Å². The van der Waals surface area contributed by atoms with E-state index in [1.165, 1.54) is 0 Å². The molecule has 0 radical (unpaired) electrons. The van der Waals surface area contributed by atoms with E-state index in [0.717, 1.165) is 15.7 Å². The van der Waals surface area contributed by atoms with E-state index in [0.29, 0.717) is 23.3 Å². The lowest BCUT2D eigenvalue weighted by atomic mass is 10.2. The molecule has 1 aromatic heterocycles. The standard InChI is InChI=1S/C15H11BrClN3O/c16-12-6-1-2-7-13(12)18-9-14-19-20-15(21-14)10-4-3-5-11(17)8-10/h1-8,18H,9H2. The Hall–Kier alpha value is -1.85. The summed E-state index contributed by atoms with van der Waals surface area (Å²) < 4.78 is 6.61. The molecule has 6 heteroatoms. The predicted octanol–water partition coefficient (Wildman–Crippen LogP) is 4.76. The fourth-order valence-corrected chi connectivity index (χ4v) is 2.45. The Balaban J connectivity index is 1.72. The van der Waals surface area contributed by atoms with Gasteiger partial charge in [-0.15, -0.1) is 10.2 Å². The van der Waals surface area contributed by atoms with Crippen molar-refractivity contribution >= 4 is 33.2 Å². The third-order valence-corrected chi connectivity index (χ3v) is 3.77. The molecule has 21 heavy (non-hydrogen) atoms. The van der Waals surface area contributed by atoms with Crippen LogP contribution in [0.4, 0.5) is 5.69 Å². The SMILES string of the molecule is Clc1cccc(-c2nnc(CNc3ccccc3Br)o2)c1. The van der Waals surface area contributed by atoms with E-state index >= 15 is 0 Å². The van der Waals surface area contributed by atoms with Crippen LogP contribution in [0, 0.1) is 0 Å². The first-order chi connectivity index (χ1) is 10.2. The van der Waals surface area contributed by atoms with Gasteiger partial charge >= 0.3 is 0 Å². The van der Waals surface area contributed by atoms with Crippen molar-refractivity contribution < 1.29 is 4.42 Å². The number of hydrogen-bond acceptors (Lipinski definition) is 4. The van der Waals surface area contributed by atoms with E-state index in [1.54, 1.807) is 12.1 Å². The molecule has 0 saturated carbocycles. The van der Waals surface area contributed by atoms with Gasteiger partial charge in [-0.2, -0.15) is 0 Å². The second-order valence-electron chi connectivity index (χ2n) is 4.34. The molecule has 1 heterocycles. The molecule has 0 aliphatic rings. The molecule has 0 saturated heterocycles. The number of benzene rings is 2. The summed E-state index contributed by atoms with van der Waals surface area (Å²) >= 11 is 9.43. The molecule has 3 aromatic rings. The van der Waals surface area contributed by atoms with Gasteiger partial charge in [0.25, 0.3) is 0 Å². The summed E-state index contributed by atoms with van der Waals surface area (Å²) in [5.41, 5.74) is 1.78. The molecule has 0 aliphatic heterocycles. The fraction of sp³-hybridized carbons (Fsp3) is 0.0667. The van der Waals surface area contributed by atoms with E-state index in [1.807, 2.05) is 36.4 Å². The first-order valence-corrected chi connectivity index (χ1v) is 7.46. The van der Waals surface area contributed by atoms with Gasteiger partial charge in [0, 0.05) is 20.7 Å². The van der Waals surface area contributed by atoms with Crippen molar-refractivity contribution in [3.8, 4) is 11.5 Å². The Morgan fingerprint density at radius 3 is 2.76 bits per heavy atom. The van der Waals surface area contributed by atoms with Crippen LogP contribution in [-0.2, 0) is 6.54 Å². The lowest BCUT2D eigenvalue weighted by molar-refractivity contribution is 0.515. The topological polar surface area (TPSA) is 51.0 Å². The van der Waals surface area contributed by atoms with Crippen LogP contribution in [0.1, 0.15) is 5.89 Å². The summed E-state index contributed by atoms with van der Waals surface area (Å²) in [4.78, 5) is 0. The van der Waals surface area contributed by atoms with Crippen molar-refractivity contribution in [1.82, 2.24) is 10.2 Å². The van der Waals surface area contributed by atoms with E-state index < -0.39 is 0 Å². The van der Waals surface area contributed by atoms with Crippen molar-refractivity contribution in [3.63, 3.8) is 0 Å². The summed E-state index contributed by atoms with van der Waals surface area (Å²) in [6, 6.07) is 15.2. The Morgan fingerprint density at radius 1 is 1.10 bits per heavy atom. The molecule has 2 aromatic carbocycles. The highest BCUT2D eigenvalue weighted by molar-refractivity contribution is 9.10. The maximum Gasteiger partial charge on any atom is 0.247 e. The fourth-order valence-electron chi connectivity index (χ4n) is 1.84.